The van der Waals surface area contributed by atoms with Gasteiger partial charge in [0.25, 0.3) is 0 Å². The van der Waals surface area contributed by atoms with Crippen molar-refractivity contribution < 1.29 is 16.0 Å². The molecular formula is C20H25F3N6. The van der Waals surface area contributed by atoms with Crippen molar-refractivity contribution in [2.45, 2.75) is 31.5 Å². The summed E-state index contributed by atoms with van der Waals surface area (Å²) in [5.74, 6) is 0.663. The Hall–Kier alpha value is -3.10. The fourth-order valence-electron chi connectivity index (χ4n) is 3.85. The van der Waals surface area contributed by atoms with Crippen LogP contribution in [0.2, 0.25) is 0 Å². The molecule has 2 N–H and O–H groups in total. The van der Waals surface area contributed by atoms with Crippen LogP contribution in [0.25, 0.3) is 16.9 Å². The summed E-state index contributed by atoms with van der Waals surface area (Å²) in [4.78, 5) is 15.7. The van der Waals surface area contributed by atoms with Crippen LogP contribution in [-0.2, 0) is 6.18 Å². The van der Waals surface area contributed by atoms with E-state index in [2.05, 4.69) is 31.8 Å². The summed E-state index contributed by atoms with van der Waals surface area (Å²) in [5, 5.41) is 3.25. The van der Waals surface area contributed by atoms with Crippen molar-refractivity contribution in [2.24, 2.45) is 10.9 Å². The predicted molar refractivity (Wildman–Crippen MR) is 109 cm³/mol. The van der Waals surface area contributed by atoms with Gasteiger partial charge in [0.2, 0.25) is 0 Å². The Bertz CT molecular complexity index is 1100. The van der Waals surface area contributed by atoms with E-state index in [9.17, 15) is 13.2 Å². The molecule has 1 saturated carbocycles. The minimum Gasteiger partial charge on any atom is -0.367 e. The average molecular weight is 406 g/mol. The van der Waals surface area contributed by atoms with Crippen LogP contribution in [0, 0.1) is 5.92 Å². The molecular weight excluding hydrogens is 381 g/mol. The number of pyridine rings is 1. The molecule has 0 spiro atoms. The number of aromatic amines is 1. The maximum atomic E-state index is 12.7. The average Bonchev–Trinajstić information content (AvgIpc) is 3.35. The number of nitrogens with one attached hydrogen (secondary N) is 2. The van der Waals surface area contributed by atoms with Crippen molar-refractivity contribution in [3.05, 3.63) is 54.4 Å². The van der Waals surface area contributed by atoms with Crippen molar-refractivity contribution >= 4 is 22.7 Å². The van der Waals surface area contributed by atoms with E-state index in [-0.39, 0.29) is 14.8 Å². The number of allylic oxidation sites excluding steroid dienone is 1. The van der Waals surface area contributed by atoms with Crippen molar-refractivity contribution in [2.75, 3.05) is 12.4 Å². The monoisotopic (exact) mass is 406 g/mol. The molecule has 2 atom stereocenters. The van der Waals surface area contributed by atoms with E-state index in [4.69, 9.17) is 0 Å². The zero-order valence-electron chi connectivity index (χ0n) is 15.9. The Labute approximate surface area is 168 Å². The molecule has 3 aromatic heterocycles. The van der Waals surface area contributed by atoms with Gasteiger partial charge in [-0.2, -0.15) is 13.2 Å². The van der Waals surface area contributed by atoms with Gasteiger partial charge in [-0.3, -0.25) is 9.56 Å². The molecule has 0 unspecified atom stereocenters. The molecule has 29 heavy (non-hydrogen) atoms. The lowest BCUT2D eigenvalue weighted by molar-refractivity contribution is -0.137. The number of rotatable bonds is 4. The van der Waals surface area contributed by atoms with Crippen LogP contribution < -0.4 is 10.8 Å². The second-order valence-corrected chi connectivity index (χ2v) is 7.16. The Morgan fingerprint density at radius 3 is 2.79 bits per heavy atom. The van der Waals surface area contributed by atoms with Gasteiger partial charge in [-0.1, -0.05) is 6.58 Å². The van der Waals surface area contributed by atoms with Crippen LogP contribution >= 0.6 is 0 Å². The van der Waals surface area contributed by atoms with Crippen LogP contribution in [0.5, 0.6) is 0 Å². The van der Waals surface area contributed by atoms with Gasteiger partial charge in [0.1, 0.15) is 5.82 Å². The van der Waals surface area contributed by atoms with Crippen molar-refractivity contribution in [1.29, 1.82) is 0 Å². The molecule has 1 aliphatic carbocycles. The number of hydrogen-bond acceptors (Lipinski definition) is 4. The highest BCUT2D eigenvalue weighted by molar-refractivity contribution is 5.75. The van der Waals surface area contributed by atoms with Gasteiger partial charge >= 0.3 is 6.18 Å². The molecule has 0 saturated heterocycles. The third-order valence-corrected chi connectivity index (χ3v) is 5.35. The molecule has 1 aliphatic rings. The van der Waals surface area contributed by atoms with Crippen molar-refractivity contribution in [3.8, 4) is 0 Å². The first kappa shape index (κ1) is 19.2. The molecule has 0 radical (unpaired) electrons. The summed E-state index contributed by atoms with van der Waals surface area (Å²) < 4.78 is 40.1. The minimum atomic E-state index is -4.38. The number of anilines is 1. The van der Waals surface area contributed by atoms with Gasteiger partial charge in [0, 0.05) is 40.0 Å². The number of H-pyrrole nitrogens is 1. The maximum Gasteiger partial charge on any atom is 0.417 e. The molecule has 9 heteroatoms. The van der Waals surface area contributed by atoms with E-state index in [1.54, 1.807) is 13.2 Å². The molecule has 0 bridgehead atoms. The van der Waals surface area contributed by atoms with Crippen LogP contribution in [0.1, 0.15) is 27.7 Å². The number of nitrogens with zero attached hydrogens (tertiary/aromatic N) is 4. The summed E-state index contributed by atoms with van der Waals surface area (Å²) in [5.41, 5.74) is 2.59. The number of halogens is 3. The quantitative estimate of drug-likeness (QED) is 0.668. The number of aromatic nitrogens is 4. The molecule has 0 aromatic carbocycles. The maximum absolute atomic E-state index is 12.7. The fraction of sp³-hybridized carbons (Fsp3) is 0.350. The molecule has 0 aliphatic heterocycles. The smallest absolute Gasteiger partial charge is 0.367 e. The largest absolute Gasteiger partial charge is 0.417 e. The van der Waals surface area contributed by atoms with E-state index in [1.165, 1.54) is 6.07 Å². The fourth-order valence-corrected chi connectivity index (χ4v) is 3.85. The number of fused-ring (bicyclic) bond motifs is 1. The normalized spacial score (nSPS) is 20.3. The Balaban J connectivity index is 0.00000171. The summed E-state index contributed by atoms with van der Waals surface area (Å²) in [6.45, 7) is 4.32. The van der Waals surface area contributed by atoms with Gasteiger partial charge < -0.3 is 10.3 Å². The van der Waals surface area contributed by atoms with E-state index >= 15 is 0 Å². The molecule has 156 valence electrons. The molecule has 6 nitrogen and oxygen atoms in total. The van der Waals surface area contributed by atoms with E-state index < -0.39 is 11.7 Å². The third-order valence-electron chi connectivity index (χ3n) is 5.35. The summed E-state index contributed by atoms with van der Waals surface area (Å²) in [6, 6.07) is 4.48. The lowest BCUT2D eigenvalue weighted by atomic mass is 10.0. The lowest BCUT2D eigenvalue weighted by Gasteiger charge is -2.19. The molecule has 4 rings (SSSR count). The minimum absolute atomic E-state index is 0. The summed E-state index contributed by atoms with van der Waals surface area (Å²) in [6.07, 6.45) is 2.63. The van der Waals surface area contributed by atoms with E-state index in [0.29, 0.717) is 5.82 Å². The molecule has 3 aromatic rings. The molecule has 3 heterocycles. The Morgan fingerprint density at radius 1 is 1.28 bits per heavy atom. The zero-order chi connectivity index (χ0) is 20.6. The second kappa shape index (κ2) is 7.38. The van der Waals surface area contributed by atoms with Gasteiger partial charge in [-0.15, -0.1) is 0 Å². The highest BCUT2D eigenvalue weighted by Crippen LogP contribution is 2.35. The SMILES string of the molecule is C=C([C@@H]1CC[C@H](Nc2ccc(C(F)(F)F)cn2)C1)n1c(=NC)cnc2[nH]ccc21.[HH].[HH]. The first-order chi connectivity index (χ1) is 13.9. The predicted octanol–water partition coefficient (Wildman–Crippen LogP) is 4.55. The Morgan fingerprint density at radius 2 is 2.10 bits per heavy atom. The third kappa shape index (κ3) is 3.76. The van der Waals surface area contributed by atoms with Gasteiger partial charge in [0.05, 0.1) is 17.3 Å². The van der Waals surface area contributed by atoms with Crippen LogP contribution in [0.15, 0.2) is 48.4 Å². The van der Waals surface area contributed by atoms with Gasteiger partial charge in [-0.25, -0.2) is 9.97 Å². The highest BCUT2D eigenvalue weighted by Gasteiger charge is 2.31. The van der Waals surface area contributed by atoms with Crippen LogP contribution in [-0.4, -0.2) is 32.6 Å². The van der Waals surface area contributed by atoms with E-state index in [1.807, 2.05) is 16.8 Å². The van der Waals surface area contributed by atoms with Crippen LogP contribution in [0.3, 0.4) is 0 Å². The van der Waals surface area contributed by atoms with E-state index in [0.717, 1.165) is 53.9 Å². The van der Waals surface area contributed by atoms with Gasteiger partial charge in [-0.05, 0) is 37.5 Å². The second-order valence-electron chi connectivity index (χ2n) is 7.16. The molecule has 0 amide bonds. The highest BCUT2D eigenvalue weighted by atomic mass is 19.4. The van der Waals surface area contributed by atoms with Gasteiger partial charge in [0.15, 0.2) is 11.1 Å². The lowest BCUT2D eigenvalue weighted by Crippen LogP contribution is -2.24. The van der Waals surface area contributed by atoms with Crippen molar-refractivity contribution in [1.82, 2.24) is 19.5 Å². The first-order valence-corrected chi connectivity index (χ1v) is 9.33. The molecule has 1 fully saturated rings. The first-order valence-electron chi connectivity index (χ1n) is 9.33. The van der Waals surface area contributed by atoms with Crippen LogP contribution in [0.4, 0.5) is 19.0 Å². The number of hydrogen-bond donors (Lipinski definition) is 2. The zero-order valence-corrected chi connectivity index (χ0v) is 15.9. The topological polar surface area (TPSA) is 70.9 Å². The summed E-state index contributed by atoms with van der Waals surface area (Å²) >= 11 is 0. The van der Waals surface area contributed by atoms with Crippen molar-refractivity contribution in [3.63, 3.8) is 0 Å². The number of alkyl halides is 3. The summed E-state index contributed by atoms with van der Waals surface area (Å²) in [7, 11) is 1.72. The Kier molecular flexibility index (Phi) is 4.89. The standard InChI is InChI=1S/C20H21F3N6.2H2/c1-12(29-16-7-8-25-19(16)27-11-18(29)24-2)13-3-5-15(9-13)28-17-6-4-14(10-26-17)20(21,22)23;;/h4,6-8,10-11,13,15,25H,1,3,5,9H2,2H3,(H,26,28);2*1H/t13-,15+;;/m1../s1.